The number of hydrogen-bond acceptors (Lipinski definition) is 1. The van der Waals surface area contributed by atoms with E-state index in [0.717, 1.165) is 12.1 Å². The third kappa shape index (κ3) is 3.25. The second-order valence-corrected chi connectivity index (χ2v) is 3.45. The number of benzene rings is 1. The highest BCUT2D eigenvalue weighted by atomic mass is 19.4. The molecule has 0 aliphatic heterocycles. The lowest BCUT2D eigenvalue weighted by Gasteiger charge is -2.11. The molecule has 2 nitrogen and oxygen atoms in total. The van der Waals surface area contributed by atoms with Gasteiger partial charge in [0.15, 0.2) is 0 Å². The molecule has 1 N–H and O–H groups in total. The lowest BCUT2D eigenvalue weighted by atomic mass is 10.1. The molecule has 0 radical (unpaired) electrons. The van der Waals surface area contributed by atoms with Gasteiger partial charge in [-0.3, -0.25) is 4.79 Å². The van der Waals surface area contributed by atoms with Gasteiger partial charge in [-0.25, -0.2) is 0 Å². The Balaban J connectivity index is 3.16. The molecule has 1 amide bonds. The maximum absolute atomic E-state index is 12.5. The number of rotatable bonds is 2. The minimum absolute atomic E-state index is 0.180. The van der Waals surface area contributed by atoms with Crippen LogP contribution >= 0.6 is 0 Å². The quantitative estimate of drug-likeness (QED) is 0.831. The summed E-state index contributed by atoms with van der Waals surface area (Å²) in [6.07, 6.45) is -3.91. The molecule has 1 aromatic rings. The average Bonchev–Trinajstić information content (AvgIpc) is 2.14. The predicted octanol–water partition coefficient (Wildman–Crippen LogP) is 3.23. The molecule has 88 valence electrons. The average molecular weight is 231 g/mol. The van der Waals surface area contributed by atoms with Gasteiger partial charge in [-0.05, 0) is 30.2 Å². The molecule has 1 aromatic carbocycles. The molecule has 16 heavy (non-hydrogen) atoms. The third-order valence-corrected chi connectivity index (χ3v) is 2.05. The van der Waals surface area contributed by atoms with E-state index < -0.39 is 11.7 Å². The van der Waals surface area contributed by atoms with Gasteiger partial charge in [0.25, 0.3) is 0 Å². The largest absolute Gasteiger partial charge is 0.416 e. The summed E-state index contributed by atoms with van der Waals surface area (Å²) in [6.45, 7) is 3.01. The number of halogens is 3. The minimum Gasteiger partial charge on any atom is -0.326 e. The summed E-state index contributed by atoms with van der Waals surface area (Å²) in [7, 11) is 0. The van der Waals surface area contributed by atoms with Crippen molar-refractivity contribution in [2.45, 2.75) is 26.4 Å². The van der Waals surface area contributed by atoms with Crippen LogP contribution in [0.4, 0.5) is 18.9 Å². The van der Waals surface area contributed by atoms with E-state index in [0.29, 0.717) is 12.0 Å². The number of nitrogens with one attached hydrogen (secondary N) is 1. The zero-order valence-electron chi connectivity index (χ0n) is 8.98. The number of carbonyl (C=O) groups is 1. The van der Waals surface area contributed by atoms with Crippen molar-refractivity contribution in [1.29, 1.82) is 0 Å². The Hall–Kier alpha value is -1.52. The van der Waals surface area contributed by atoms with Crippen molar-refractivity contribution in [3.8, 4) is 0 Å². The zero-order valence-corrected chi connectivity index (χ0v) is 8.98. The van der Waals surface area contributed by atoms with Gasteiger partial charge in [-0.2, -0.15) is 13.2 Å². The summed E-state index contributed by atoms with van der Waals surface area (Å²) in [6, 6.07) is 3.56. The van der Waals surface area contributed by atoms with Gasteiger partial charge in [0.2, 0.25) is 5.91 Å². The van der Waals surface area contributed by atoms with Gasteiger partial charge in [0.1, 0.15) is 0 Å². The standard InChI is InChI=1S/C11H12F3NO/c1-3-8-4-9(11(12,13)14)6-10(5-8)15-7(2)16/h4-6H,3H2,1-2H3,(H,15,16). The van der Waals surface area contributed by atoms with E-state index in [1.807, 2.05) is 0 Å². The summed E-state index contributed by atoms with van der Waals surface area (Å²) in [5.41, 5.74) is -0.0200. The van der Waals surface area contributed by atoms with Crippen LogP contribution in [0.3, 0.4) is 0 Å². The Kier molecular flexibility index (Phi) is 3.57. The highest BCUT2D eigenvalue weighted by molar-refractivity contribution is 5.88. The first-order valence-electron chi connectivity index (χ1n) is 4.81. The molecular formula is C11H12F3NO. The van der Waals surface area contributed by atoms with Gasteiger partial charge in [0, 0.05) is 12.6 Å². The highest BCUT2D eigenvalue weighted by Crippen LogP contribution is 2.32. The fraction of sp³-hybridized carbons (Fsp3) is 0.364. The highest BCUT2D eigenvalue weighted by Gasteiger charge is 2.31. The van der Waals surface area contributed by atoms with E-state index in [1.165, 1.54) is 13.0 Å². The summed E-state index contributed by atoms with van der Waals surface area (Å²) in [5.74, 6) is -0.388. The fourth-order valence-corrected chi connectivity index (χ4v) is 1.34. The topological polar surface area (TPSA) is 29.1 Å². The van der Waals surface area contributed by atoms with Crippen LogP contribution in [0.15, 0.2) is 18.2 Å². The number of hydrogen-bond donors (Lipinski definition) is 1. The van der Waals surface area contributed by atoms with E-state index in [-0.39, 0.29) is 11.6 Å². The Labute approximate surface area is 91.5 Å². The molecule has 0 bridgehead atoms. The molecule has 0 aliphatic carbocycles. The first kappa shape index (κ1) is 12.5. The second-order valence-electron chi connectivity index (χ2n) is 3.45. The number of anilines is 1. The van der Waals surface area contributed by atoms with Crippen LogP contribution in [0, 0.1) is 0 Å². The first-order valence-corrected chi connectivity index (χ1v) is 4.81. The molecule has 0 spiro atoms. The Morgan fingerprint density at radius 1 is 1.31 bits per heavy atom. The van der Waals surface area contributed by atoms with Gasteiger partial charge in [0.05, 0.1) is 5.56 Å². The van der Waals surface area contributed by atoms with Crippen molar-refractivity contribution in [1.82, 2.24) is 0 Å². The van der Waals surface area contributed by atoms with E-state index in [2.05, 4.69) is 5.32 Å². The number of carbonyl (C=O) groups excluding carboxylic acids is 1. The van der Waals surface area contributed by atoms with E-state index >= 15 is 0 Å². The Morgan fingerprint density at radius 3 is 2.38 bits per heavy atom. The summed E-state index contributed by atoms with van der Waals surface area (Å²) in [4.78, 5) is 10.8. The normalized spacial score (nSPS) is 11.3. The summed E-state index contributed by atoms with van der Waals surface area (Å²) in [5, 5.41) is 2.35. The monoisotopic (exact) mass is 231 g/mol. The van der Waals surface area contributed by atoms with Crippen molar-refractivity contribution in [3.63, 3.8) is 0 Å². The smallest absolute Gasteiger partial charge is 0.326 e. The molecule has 0 aliphatic rings. The van der Waals surface area contributed by atoms with Crippen LogP contribution in [0.5, 0.6) is 0 Å². The Morgan fingerprint density at radius 2 is 1.94 bits per heavy atom. The van der Waals surface area contributed by atoms with Crippen LogP contribution in [-0.4, -0.2) is 5.91 Å². The molecule has 1 rings (SSSR count). The van der Waals surface area contributed by atoms with Crippen molar-refractivity contribution >= 4 is 11.6 Å². The van der Waals surface area contributed by atoms with Crippen LogP contribution in [0.2, 0.25) is 0 Å². The zero-order chi connectivity index (χ0) is 12.3. The lowest BCUT2D eigenvalue weighted by molar-refractivity contribution is -0.137. The molecule has 0 saturated heterocycles. The fourth-order valence-electron chi connectivity index (χ4n) is 1.34. The number of alkyl halides is 3. The first-order chi connectivity index (χ1) is 7.32. The molecule has 0 fully saturated rings. The maximum atomic E-state index is 12.5. The van der Waals surface area contributed by atoms with Crippen molar-refractivity contribution in [2.75, 3.05) is 5.32 Å². The minimum atomic E-state index is -4.39. The lowest BCUT2D eigenvalue weighted by Crippen LogP contribution is -2.10. The molecule has 0 aromatic heterocycles. The predicted molar refractivity (Wildman–Crippen MR) is 55.1 cm³/mol. The van der Waals surface area contributed by atoms with Crippen LogP contribution in [0.1, 0.15) is 25.0 Å². The van der Waals surface area contributed by atoms with Gasteiger partial charge < -0.3 is 5.32 Å². The van der Waals surface area contributed by atoms with Crippen LogP contribution < -0.4 is 5.32 Å². The van der Waals surface area contributed by atoms with Crippen LogP contribution in [0.25, 0.3) is 0 Å². The van der Waals surface area contributed by atoms with Crippen molar-refractivity contribution in [2.24, 2.45) is 0 Å². The van der Waals surface area contributed by atoms with E-state index in [9.17, 15) is 18.0 Å². The third-order valence-electron chi connectivity index (χ3n) is 2.05. The van der Waals surface area contributed by atoms with Crippen molar-refractivity contribution < 1.29 is 18.0 Å². The second kappa shape index (κ2) is 4.55. The summed E-state index contributed by atoms with van der Waals surface area (Å²) >= 11 is 0. The maximum Gasteiger partial charge on any atom is 0.416 e. The van der Waals surface area contributed by atoms with E-state index in [1.54, 1.807) is 6.92 Å². The molecule has 0 heterocycles. The summed E-state index contributed by atoms with van der Waals surface area (Å²) < 4.78 is 37.5. The SMILES string of the molecule is CCc1cc(NC(C)=O)cc(C(F)(F)F)c1. The number of aryl methyl sites for hydroxylation is 1. The number of amides is 1. The van der Waals surface area contributed by atoms with Gasteiger partial charge >= 0.3 is 6.18 Å². The van der Waals surface area contributed by atoms with Gasteiger partial charge in [-0.1, -0.05) is 6.92 Å². The molecule has 0 atom stereocenters. The van der Waals surface area contributed by atoms with E-state index in [4.69, 9.17) is 0 Å². The van der Waals surface area contributed by atoms with Crippen molar-refractivity contribution in [3.05, 3.63) is 29.3 Å². The van der Waals surface area contributed by atoms with Gasteiger partial charge in [-0.15, -0.1) is 0 Å². The molecule has 0 unspecified atom stereocenters. The molecule has 5 heteroatoms. The molecule has 0 saturated carbocycles. The van der Waals surface area contributed by atoms with Crippen LogP contribution in [-0.2, 0) is 17.4 Å². The molecular weight excluding hydrogens is 219 g/mol. The Bertz CT molecular complexity index is 399.